The second-order valence-corrected chi connectivity index (χ2v) is 5.81. The van der Waals surface area contributed by atoms with Gasteiger partial charge >= 0.3 is 0 Å². The van der Waals surface area contributed by atoms with Crippen molar-refractivity contribution < 1.29 is 4.74 Å². The van der Waals surface area contributed by atoms with Gasteiger partial charge in [-0.1, -0.05) is 23.2 Å². The second kappa shape index (κ2) is 6.16. The van der Waals surface area contributed by atoms with Gasteiger partial charge in [-0.05, 0) is 30.7 Å². The summed E-state index contributed by atoms with van der Waals surface area (Å²) >= 11 is 12.2. The third-order valence-corrected chi connectivity index (χ3v) is 4.17. The molecule has 1 aliphatic carbocycles. The van der Waals surface area contributed by atoms with Crippen molar-refractivity contribution in [2.75, 3.05) is 37.9 Å². The summed E-state index contributed by atoms with van der Waals surface area (Å²) in [5.41, 5.74) is 0.348. The Morgan fingerprint density at radius 3 is 2.58 bits per heavy atom. The first-order chi connectivity index (χ1) is 9.10. The van der Waals surface area contributed by atoms with Crippen LogP contribution in [0.5, 0.6) is 0 Å². The molecule has 0 unspecified atom stereocenters. The summed E-state index contributed by atoms with van der Waals surface area (Å²) in [7, 11) is 3.52. The highest BCUT2D eigenvalue weighted by Gasteiger charge is 2.41. The quantitative estimate of drug-likeness (QED) is 0.807. The van der Waals surface area contributed by atoms with Crippen molar-refractivity contribution in [1.29, 1.82) is 0 Å². The predicted octanol–water partition coefficient (Wildman–Crippen LogP) is 3.66. The average molecular weight is 304 g/mol. The van der Waals surface area contributed by atoms with Gasteiger partial charge in [0.15, 0.2) is 0 Å². The number of rotatable bonds is 7. The zero-order valence-electron chi connectivity index (χ0n) is 11.2. The van der Waals surface area contributed by atoms with Gasteiger partial charge in [0.2, 0.25) is 0 Å². The lowest BCUT2D eigenvalue weighted by atomic mass is 10.0. The van der Waals surface area contributed by atoms with Gasteiger partial charge in [-0.15, -0.1) is 0 Å². The minimum Gasteiger partial charge on any atom is -0.385 e. The van der Waals surface area contributed by atoms with Crippen molar-refractivity contribution in [1.82, 2.24) is 4.98 Å². The third-order valence-electron chi connectivity index (χ3n) is 3.59. The van der Waals surface area contributed by atoms with Crippen LogP contribution in [0.3, 0.4) is 0 Å². The zero-order valence-corrected chi connectivity index (χ0v) is 12.7. The molecule has 0 aromatic carbocycles. The highest BCUT2D eigenvalue weighted by molar-refractivity contribution is 6.37. The van der Waals surface area contributed by atoms with E-state index in [-0.39, 0.29) is 0 Å². The predicted molar refractivity (Wildman–Crippen MR) is 80.5 cm³/mol. The van der Waals surface area contributed by atoms with Gasteiger partial charge in [-0.2, -0.15) is 0 Å². The molecule has 0 radical (unpaired) electrons. The van der Waals surface area contributed by atoms with Gasteiger partial charge < -0.3 is 15.4 Å². The molecule has 2 rings (SSSR count). The minimum absolute atomic E-state index is 0.348. The van der Waals surface area contributed by atoms with Gasteiger partial charge in [0.05, 0.1) is 10.0 Å². The van der Waals surface area contributed by atoms with Crippen LogP contribution < -0.4 is 10.6 Å². The van der Waals surface area contributed by atoms with Gasteiger partial charge in [-0.3, -0.25) is 0 Å². The molecule has 1 aromatic heterocycles. The zero-order chi connectivity index (χ0) is 13.9. The molecule has 19 heavy (non-hydrogen) atoms. The van der Waals surface area contributed by atoms with Crippen molar-refractivity contribution >= 4 is 34.8 Å². The Kier molecular flexibility index (Phi) is 4.76. The average Bonchev–Trinajstić information content (AvgIpc) is 3.16. The molecule has 0 bridgehead atoms. The SMILES string of the molecule is CNc1nc(NCC2(CCOC)CC2)c(Cl)cc1Cl. The highest BCUT2D eigenvalue weighted by atomic mass is 35.5. The summed E-state index contributed by atoms with van der Waals surface area (Å²) in [6.07, 6.45) is 3.53. The molecule has 0 atom stereocenters. The van der Waals surface area contributed by atoms with E-state index in [1.54, 1.807) is 20.2 Å². The number of hydrogen-bond acceptors (Lipinski definition) is 4. The third kappa shape index (κ3) is 3.65. The van der Waals surface area contributed by atoms with Crippen LogP contribution >= 0.6 is 23.2 Å². The van der Waals surface area contributed by atoms with Crippen LogP contribution in [-0.2, 0) is 4.74 Å². The van der Waals surface area contributed by atoms with E-state index in [0.29, 0.717) is 27.1 Å². The van der Waals surface area contributed by atoms with E-state index in [4.69, 9.17) is 27.9 Å². The minimum atomic E-state index is 0.348. The van der Waals surface area contributed by atoms with Crippen molar-refractivity contribution in [3.8, 4) is 0 Å². The normalized spacial score (nSPS) is 16.2. The number of pyridine rings is 1. The molecule has 1 aliphatic rings. The number of hydrogen-bond donors (Lipinski definition) is 2. The number of anilines is 2. The van der Waals surface area contributed by atoms with E-state index in [9.17, 15) is 0 Å². The number of nitrogens with zero attached hydrogens (tertiary/aromatic N) is 1. The maximum Gasteiger partial charge on any atom is 0.147 e. The van der Waals surface area contributed by atoms with Crippen molar-refractivity contribution in [2.24, 2.45) is 5.41 Å². The summed E-state index contributed by atoms with van der Waals surface area (Å²) in [6.45, 7) is 1.67. The van der Waals surface area contributed by atoms with E-state index < -0.39 is 0 Å². The Balaban J connectivity index is 1.99. The van der Waals surface area contributed by atoms with Gasteiger partial charge in [0.1, 0.15) is 11.6 Å². The summed E-state index contributed by atoms with van der Waals surface area (Å²) in [4.78, 5) is 4.38. The van der Waals surface area contributed by atoms with E-state index in [2.05, 4.69) is 15.6 Å². The van der Waals surface area contributed by atoms with E-state index in [1.165, 1.54) is 12.8 Å². The lowest BCUT2D eigenvalue weighted by Crippen LogP contribution is -2.18. The second-order valence-electron chi connectivity index (χ2n) is 5.00. The van der Waals surface area contributed by atoms with E-state index >= 15 is 0 Å². The summed E-state index contributed by atoms with van der Waals surface area (Å²) < 4.78 is 5.15. The Morgan fingerprint density at radius 1 is 1.32 bits per heavy atom. The largest absolute Gasteiger partial charge is 0.385 e. The monoisotopic (exact) mass is 303 g/mol. The van der Waals surface area contributed by atoms with E-state index in [0.717, 1.165) is 19.6 Å². The molecule has 106 valence electrons. The molecule has 0 aliphatic heterocycles. The van der Waals surface area contributed by atoms with Crippen molar-refractivity contribution in [2.45, 2.75) is 19.3 Å². The van der Waals surface area contributed by atoms with Crippen LogP contribution in [0.2, 0.25) is 10.0 Å². The molecular weight excluding hydrogens is 285 g/mol. The number of methoxy groups -OCH3 is 1. The molecular formula is C13H19Cl2N3O. The fourth-order valence-corrected chi connectivity index (χ4v) is 2.57. The first-order valence-electron chi connectivity index (χ1n) is 6.37. The maximum absolute atomic E-state index is 6.15. The number of nitrogens with one attached hydrogen (secondary N) is 2. The molecule has 1 saturated carbocycles. The van der Waals surface area contributed by atoms with Crippen LogP contribution in [0.4, 0.5) is 11.6 Å². The van der Waals surface area contributed by atoms with Gasteiger partial charge in [0.25, 0.3) is 0 Å². The molecule has 4 nitrogen and oxygen atoms in total. The molecule has 0 saturated heterocycles. The van der Waals surface area contributed by atoms with Crippen LogP contribution in [-0.4, -0.2) is 32.3 Å². The molecule has 1 heterocycles. The standard InChI is InChI=1S/C13H19Cl2N3O/c1-16-11-9(14)7-10(15)12(18-11)17-8-13(3-4-13)5-6-19-2/h7H,3-6,8H2,1-2H3,(H2,16,17,18). The summed E-state index contributed by atoms with van der Waals surface area (Å²) in [5, 5.41) is 7.35. The lowest BCUT2D eigenvalue weighted by molar-refractivity contribution is 0.175. The fourth-order valence-electron chi connectivity index (χ4n) is 2.05. The summed E-state index contributed by atoms with van der Waals surface area (Å²) in [5.74, 6) is 1.31. The topological polar surface area (TPSA) is 46.2 Å². The van der Waals surface area contributed by atoms with Crippen molar-refractivity contribution in [3.05, 3.63) is 16.1 Å². The van der Waals surface area contributed by atoms with Crippen LogP contribution in [0, 0.1) is 5.41 Å². The molecule has 1 aromatic rings. The molecule has 2 N–H and O–H groups in total. The number of aromatic nitrogens is 1. The van der Waals surface area contributed by atoms with Crippen LogP contribution in [0.1, 0.15) is 19.3 Å². The first kappa shape index (κ1) is 14.7. The summed E-state index contributed by atoms with van der Waals surface area (Å²) in [6, 6.07) is 1.71. The van der Waals surface area contributed by atoms with Gasteiger partial charge in [0, 0.05) is 27.3 Å². The molecule has 0 amide bonds. The van der Waals surface area contributed by atoms with Crippen LogP contribution in [0.25, 0.3) is 0 Å². The molecule has 6 heteroatoms. The van der Waals surface area contributed by atoms with Crippen molar-refractivity contribution in [3.63, 3.8) is 0 Å². The Labute approximate surface area is 123 Å². The maximum atomic E-state index is 6.15. The Hall–Kier alpha value is -0.710. The molecule has 1 fully saturated rings. The lowest BCUT2D eigenvalue weighted by Gasteiger charge is -2.17. The smallest absolute Gasteiger partial charge is 0.147 e. The highest BCUT2D eigenvalue weighted by Crippen LogP contribution is 2.48. The van der Waals surface area contributed by atoms with Gasteiger partial charge in [-0.25, -0.2) is 4.98 Å². The Bertz CT molecular complexity index is 450. The fraction of sp³-hybridized carbons (Fsp3) is 0.615. The Morgan fingerprint density at radius 2 is 2.00 bits per heavy atom. The number of halogens is 2. The molecule has 0 spiro atoms. The number of ether oxygens (including phenoxy) is 1. The van der Waals surface area contributed by atoms with Crippen LogP contribution in [0.15, 0.2) is 6.07 Å². The van der Waals surface area contributed by atoms with E-state index in [1.807, 2.05) is 0 Å². The first-order valence-corrected chi connectivity index (χ1v) is 7.12.